The predicted octanol–water partition coefficient (Wildman–Crippen LogP) is 1.95. The summed E-state index contributed by atoms with van der Waals surface area (Å²) in [7, 11) is 0. The molecule has 0 aromatic carbocycles. The fourth-order valence-electron chi connectivity index (χ4n) is 0.941. The van der Waals surface area contributed by atoms with Gasteiger partial charge in [0, 0.05) is 6.20 Å². The van der Waals surface area contributed by atoms with Crippen LogP contribution in [-0.2, 0) is 5.60 Å². The third kappa shape index (κ3) is 1.92. The van der Waals surface area contributed by atoms with Crippen molar-refractivity contribution in [3.8, 4) is 0 Å². The fourth-order valence-corrected chi connectivity index (χ4v) is 0.941. The minimum absolute atomic E-state index is 0.787. The van der Waals surface area contributed by atoms with Gasteiger partial charge in [-0.2, -0.15) is 0 Å². The van der Waals surface area contributed by atoms with Gasteiger partial charge in [0.1, 0.15) is 0 Å². The van der Waals surface area contributed by atoms with Gasteiger partial charge in [-0.25, -0.2) is 0 Å². The van der Waals surface area contributed by atoms with E-state index in [0.717, 1.165) is 11.3 Å². The molecule has 64 valence electrons. The summed E-state index contributed by atoms with van der Waals surface area (Å²) < 4.78 is 0. The standard InChI is InChI=1S/C10H13NO/c1-4-9-7-8(5-6-11-9)10(2,3)12/h4-7,12H,1H2,2-3H3. The van der Waals surface area contributed by atoms with Crippen LogP contribution in [0.5, 0.6) is 0 Å². The average molecular weight is 163 g/mol. The molecule has 0 aliphatic heterocycles. The Bertz CT molecular complexity index is 286. The first-order valence-electron chi connectivity index (χ1n) is 3.85. The predicted molar refractivity (Wildman–Crippen MR) is 49.6 cm³/mol. The highest BCUT2D eigenvalue weighted by Crippen LogP contribution is 2.19. The minimum Gasteiger partial charge on any atom is -0.386 e. The molecule has 2 nitrogen and oxygen atoms in total. The van der Waals surface area contributed by atoms with Gasteiger partial charge in [0.15, 0.2) is 0 Å². The smallest absolute Gasteiger partial charge is 0.0841 e. The number of hydrogen-bond donors (Lipinski definition) is 1. The molecule has 0 saturated carbocycles. The van der Waals surface area contributed by atoms with E-state index in [1.807, 2.05) is 6.07 Å². The summed E-state index contributed by atoms with van der Waals surface area (Å²) in [5, 5.41) is 9.65. The van der Waals surface area contributed by atoms with Gasteiger partial charge in [-0.05, 0) is 37.6 Å². The summed E-state index contributed by atoms with van der Waals surface area (Å²) >= 11 is 0. The molecule has 1 rings (SSSR count). The average Bonchev–Trinajstić information content (AvgIpc) is 2.03. The summed E-state index contributed by atoms with van der Waals surface area (Å²) in [5.41, 5.74) is 0.836. The Balaban J connectivity index is 3.10. The molecule has 0 fully saturated rings. The fraction of sp³-hybridized carbons (Fsp3) is 0.300. The van der Waals surface area contributed by atoms with Crippen LogP contribution < -0.4 is 0 Å². The number of aliphatic hydroxyl groups is 1. The van der Waals surface area contributed by atoms with Crippen LogP contribution in [0, 0.1) is 0 Å². The van der Waals surface area contributed by atoms with Crippen LogP contribution in [0.15, 0.2) is 24.9 Å². The summed E-state index contributed by atoms with van der Waals surface area (Å²) in [5.74, 6) is 0. The van der Waals surface area contributed by atoms with Crippen molar-refractivity contribution in [3.63, 3.8) is 0 Å². The summed E-state index contributed by atoms with van der Waals surface area (Å²) in [6.45, 7) is 7.10. The molecule has 0 aliphatic rings. The lowest BCUT2D eigenvalue weighted by Gasteiger charge is -2.17. The van der Waals surface area contributed by atoms with Crippen LogP contribution in [0.25, 0.3) is 6.08 Å². The lowest BCUT2D eigenvalue weighted by Crippen LogP contribution is -2.15. The zero-order chi connectivity index (χ0) is 9.19. The van der Waals surface area contributed by atoms with Crippen LogP contribution in [0.4, 0.5) is 0 Å². The van der Waals surface area contributed by atoms with E-state index in [1.165, 1.54) is 0 Å². The Morgan fingerprint density at radius 3 is 2.75 bits per heavy atom. The van der Waals surface area contributed by atoms with E-state index in [4.69, 9.17) is 0 Å². The Morgan fingerprint density at radius 1 is 1.58 bits per heavy atom. The molecule has 0 aliphatic carbocycles. The molecule has 2 heteroatoms. The molecule has 1 N–H and O–H groups in total. The molecule has 0 bridgehead atoms. The van der Waals surface area contributed by atoms with Crippen molar-refractivity contribution in [1.82, 2.24) is 4.98 Å². The number of aromatic nitrogens is 1. The van der Waals surface area contributed by atoms with E-state index in [1.54, 1.807) is 32.2 Å². The summed E-state index contributed by atoms with van der Waals surface area (Å²) in [6, 6.07) is 3.62. The van der Waals surface area contributed by atoms with Crippen LogP contribution in [0.2, 0.25) is 0 Å². The Morgan fingerprint density at radius 2 is 2.25 bits per heavy atom. The molecular weight excluding hydrogens is 150 g/mol. The van der Waals surface area contributed by atoms with Gasteiger partial charge in [0.2, 0.25) is 0 Å². The van der Waals surface area contributed by atoms with E-state index in [2.05, 4.69) is 11.6 Å². The van der Waals surface area contributed by atoms with E-state index in [9.17, 15) is 5.11 Å². The Hall–Kier alpha value is -1.15. The van der Waals surface area contributed by atoms with E-state index < -0.39 is 5.60 Å². The highest BCUT2D eigenvalue weighted by molar-refractivity contribution is 5.43. The van der Waals surface area contributed by atoms with Gasteiger partial charge in [0.25, 0.3) is 0 Å². The second-order valence-electron chi connectivity index (χ2n) is 3.23. The summed E-state index contributed by atoms with van der Waals surface area (Å²) in [6.07, 6.45) is 3.33. The zero-order valence-electron chi connectivity index (χ0n) is 7.41. The van der Waals surface area contributed by atoms with Gasteiger partial charge in [-0.3, -0.25) is 4.98 Å². The molecule has 1 heterocycles. The van der Waals surface area contributed by atoms with E-state index in [-0.39, 0.29) is 0 Å². The van der Waals surface area contributed by atoms with Crippen LogP contribution in [-0.4, -0.2) is 10.1 Å². The quantitative estimate of drug-likeness (QED) is 0.722. The second-order valence-corrected chi connectivity index (χ2v) is 3.23. The minimum atomic E-state index is -0.805. The van der Waals surface area contributed by atoms with Crippen molar-refractivity contribution < 1.29 is 5.11 Å². The van der Waals surface area contributed by atoms with Crippen LogP contribution in [0.3, 0.4) is 0 Å². The molecule has 0 spiro atoms. The maximum atomic E-state index is 9.65. The first-order chi connectivity index (χ1) is 5.54. The Labute approximate surface area is 72.6 Å². The third-order valence-electron chi connectivity index (χ3n) is 1.70. The Kier molecular flexibility index (Phi) is 2.29. The second kappa shape index (κ2) is 3.07. The van der Waals surface area contributed by atoms with Crippen LogP contribution >= 0.6 is 0 Å². The van der Waals surface area contributed by atoms with E-state index in [0.29, 0.717) is 0 Å². The molecule has 0 unspecified atom stereocenters. The number of pyridine rings is 1. The highest BCUT2D eigenvalue weighted by Gasteiger charge is 2.15. The number of nitrogens with zero attached hydrogens (tertiary/aromatic N) is 1. The first-order valence-corrected chi connectivity index (χ1v) is 3.85. The third-order valence-corrected chi connectivity index (χ3v) is 1.70. The largest absolute Gasteiger partial charge is 0.386 e. The van der Waals surface area contributed by atoms with Crippen molar-refractivity contribution in [2.45, 2.75) is 19.4 Å². The molecule has 1 aromatic rings. The van der Waals surface area contributed by atoms with Crippen LogP contribution in [0.1, 0.15) is 25.1 Å². The molecular formula is C10H13NO. The zero-order valence-corrected chi connectivity index (χ0v) is 7.41. The topological polar surface area (TPSA) is 33.1 Å². The van der Waals surface area contributed by atoms with Gasteiger partial charge < -0.3 is 5.11 Å². The van der Waals surface area contributed by atoms with Crippen molar-refractivity contribution in [3.05, 3.63) is 36.2 Å². The van der Waals surface area contributed by atoms with Crippen molar-refractivity contribution in [2.24, 2.45) is 0 Å². The first kappa shape index (κ1) is 8.94. The number of rotatable bonds is 2. The van der Waals surface area contributed by atoms with Crippen molar-refractivity contribution in [2.75, 3.05) is 0 Å². The molecule has 12 heavy (non-hydrogen) atoms. The molecule has 0 saturated heterocycles. The van der Waals surface area contributed by atoms with E-state index >= 15 is 0 Å². The number of hydrogen-bond acceptors (Lipinski definition) is 2. The lowest BCUT2D eigenvalue weighted by molar-refractivity contribution is 0.0785. The molecule has 0 atom stereocenters. The molecule has 0 radical (unpaired) electrons. The molecule has 1 aromatic heterocycles. The van der Waals surface area contributed by atoms with Gasteiger partial charge in [-0.15, -0.1) is 0 Å². The summed E-state index contributed by atoms with van der Waals surface area (Å²) in [4.78, 5) is 4.04. The lowest BCUT2D eigenvalue weighted by atomic mass is 9.99. The van der Waals surface area contributed by atoms with Gasteiger partial charge in [0.05, 0.1) is 11.3 Å². The maximum absolute atomic E-state index is 9.65. The highest BCUT2D eigenvalue weighted by atomic mass is 16.3. The van der Waals surface area contributed by atoms with Gasteiger partial charge >= 0.3 is 0 Å². The van der Waals surface area contributed by atoms with Crippen molar-refractivity contribution in [1.29, 1.82) is 0 Å². The maximum Gasteiger partial charge on any atom is 0.0841 e. The van der Waals surface area contributed by atoms with Crippen molar-refractivity contribution >= 4 is 6.08 Å². The normalized spacial score (nSPS) is 11.2. The molecule has 0 amide bonds. The monoisotopic (exact) mass is 163 g/mol. The van der Waals surface area contributed by atoms with Gasteiger partial charge in [-0.1, -0.05) is 6.58 Å². The SMILES string of the molecule is C=Cc1cc(C(C)(C)O)ccn1.